The summed E-state index contributed by atoms with van der Waals surface area (Å²) in [5.74, 6) is 0.935. The van der Waals surface area contributed by atoms with E-state index < -0.39 is 10.0 Å². The molecule has 2 heterocycles. The van der Waals surface area contributed by atoms with Crippen molar-refractivity contribution in [3.05, 3.63) is 53.2 Å². The number of halogens is 1. The average Bonchev–Trinajstić information content (AvgIpc) is 2.67. The molecule has 8 heteroatoms. The zero-order chi connectivity index (χ0) is 18.6. The van der Waals surface area contributed by atoms with Crippen LogP contribution in [0.25, 0.3) is 0 Å². The third-order valence-electron chi connectivity index (χ3n) is 4.54. The summed E-state index contributed by atoms with van der Waals surface area (Å²) in [6.07, 6.45) is 1.73. The Morgan fingerprint density at radius 2 is 1.77 bits per heavy atom. The molecule has 0 saturated carbocycles. The fourth-order valence-electron chi connectivity index (χ4n) is 2.88. The first kappa shape index (κ1) is 19.1. The van der Waals surface area contributed by atoms with Crippen LogP contribution in [-0.2, 0) is 16.6 Å². The summed E-state index contributed by atoms with van der Waals surface area (Å²) in [6, 6.07) is 9.96. The molecule has 2 aromatic rings. The highest BCUT2D eigenvalue weighted by Crippen LogP contribution is 2.16. The van der Waals surface area contributed by atoms with Crippen molar-refractivity contribution in [3.8, 4) is 0 Å². The number of hydrogen-bond donors (Lipinski definition) is 1. The van der Waals surface area contributed by atoms with Gasteiger partial charge in [0, 0.05) is 43.9 Å². The molecule has 0 amide bonds. The van der Waals surface area contributed by atoms with Crippen molar-refractivity contribution < 1.29 is 8.42 Å². The highest BCUT2D eigenvalue weighted by Gasteiger charge is 2.17. The number of piperazine rings is 1. The predicted molar refractivity (Wildman–Crippen MR) is 104 cm³/mol. The fourth-order valence-corrected chi connectivity index (χ4v) is 4.02. The number of benzene rings is 1. The van der Waals surface area contributed by atoms with Crippen LogP contribution >= 0.6 is 11.6 Å². The molecule has 26 heavy (non-hydrogen) atoms. The van der Waals surface area contributed by atoms with Gasteiger partial charge in [0.05, 0.1) is 4.90 Å². The van der Waals surface area contributed by atoms with E-state index in [9.17, 15) is 8.42 Å². The van der Waals surface area contributed by atoms with Crippen molar-refractivity contribution in [2.75, 3.05) is 37.6 Å². The van der Waals surface area contributed by atoms with Gasteiger partial charge < -0.3 is 9.80 Å². The van der Waals surface area contributed by atoms with Crippen LogP contribution in [-0.4, -0.2) is 51.0 Å². The largest absolute Gasteiger partial charge is 0.354 e. The van der Waals surface area contributed by atoms with Gasteiger partial charge in [0.1, 0.15) is 5.82 Å². The van der Waals surface area contributed by atoms with Gasteiger partial charge in [-0.1, -0.05) is 24.6 Å². The molecule has 140 valence electrons. The quantitative estimate of drug-likeness (QED) is 0.814. The van der Waals surface area contributed by atoms with E-state index in [1.807, 2.05) is 12.1 Å². The second kappa shape index (κ2) is 8.35. The van der Waals surface area contributed by atoms with E-state index in [2.05, 4.69) is 26.4 Å². The van der Waals surface area contributed by atoms with E-state index in [1.165, 1.54) is 12.1 Å². The molecule has 1 fully saturated rings. The van der Waals surface area contributed by atoms with Crippen molar-refractivity contribution in [3.63, 3.8) is 0 Å². The zero-order valence-electron chi connectivity index (χ0n) is 14.7. The van der Waals surface area contributed by atoms with E-state index >= 15 is 0 Å². The summed E-state index contributed by atoms with van der Waals surface area (Å²) >= 11 is 5.80. The Bertz CT molecular complexity index is 817. The topological polar surface area (TPSA) is 65.5 Å². The van der Waals surface area contributed by atoms with Crippen LogP contribution in [0.4, 0.5) is 5.82 Å². The molecule has 6 nitrogen and oxygen atoms in total. The highest BCUT2D eigenvalue weighted by atomic mass is 35.5. The molecule has 1 aliphatic heterocycles. The van der Waals surface area contributed by atoms with Gasteiger partial charge in [-0.2, -0.15) is 0 Å². The Balaban J connectivity index is 1.58. The molecule has 1 aromatic carbocycles. The van der Waals surface area contributed by atoms with E-state index in [4.69, 9.17) is 11.6 Å². The summed E-state index contributed by atoms with van der Waals surface area (Å²) in [5.41, 5.74) is 0.818. The van der Waals surface area contributed by atoms with Crippen LogP contribution in [0.1, 0.15) is 12.5 Å². The first-order valence-electron chi connectivity index (χ1n) is 8.65. The molecule has 0 aliphatic carbocycles. The van der Waals surface area contributed by atoms with Crippen molar-refractivity contribution in [2.45, 2.75) is 18.4 Å². The predicted octanol–water partition coefficient (Wildman–Crippen LogP) is 2.36. The average molecular weight is 395 g/mol. The lowest BCUT2D eigenvalue weighted by Crippen LogP contribution is -2.46. The second-order valence-electron chi connectivity index (χ2n) is 6.22. The maximum Gasteiger partial charge on any atom is 0.240 e. The lowest BCUT2D eigenvalue weighted by atomic mass is 10.2. The smallest absolute Gasteiger partial charge is 0.240 e. The van der Waals surface area contributed by atoms with E-state index in [1.54, 1.807) is 18.3 Å². The zero-order valence-corrected chi connectivity index (χ0v) is 16.3. The molecule has 1 saturated heterocycles. The number of aromatic nitrogens is 1. The molecule has 1 aromatic heterocycles. The van der Waals surface area contributed by atoms with Gasteiger partial charge in [0.15, 0.2) is 0 Å². The third kappa shape index (κ3) is 4.73. The maximum absolute atomic E-state index is 12.3. The SMILES string of the molecule is CCN1CCN(c2ccc(CNS(=O)(=O)c3ccc(Cl)cc3)cn2)CC1. The number of pyridine rings is 1. The van der Waals surface area contributed by atoms with Gasteiger partial charge in [0.25, 0.3) is 0 Å². The van der Waals surface area contributed by atoms with Gasteiger partial charge in [-0.15, -0.1) is 0 Å². The molecule has 3 rings (SSSR count). The molecular formula is C18H23ClN4O2S. The lowest BCUT2D eigenvalue weighted by Gasteiger charge is -2.34. The molecular weight excluding hydrogens is 372 g/mol. The minimum atomic E-state index is -3.57. The summed E-state index contributed by atoms with van der Waals surface area (Å²) in [4.78, 5) is 9.36. The van der Waals surface area contributed by atoms with Crippen LogP contribution in [0.15, 0.2) is 47.5 Å². The van der Waals surface area contributed by atoms with Crippen LogP contribution in [0.5, 0.6) is 0 Å². The standard InChI is InChI=1S/C18H23ClN4O2S/c1-2-22-9-11-23(12-10-22)18-8-3-15(13-20-18)14-21-26(24,25)17-6-4-16(19)5-7-17/h3-8,13,21H,2,9-12,14H2,1H3. The minimum Gasteiger partial charge on any atom is -0.354 e. The normalized spacial score (nSPS) is 16.0. The summed E-state index contributed by atoms with van der Waals surface area (Å²) < 4.78 is 27.2. The van der Waals surface area contributed by atoms with Crippen LogP contribution in [0.3, 0.4) is 0 Å². The van der Waals surface area contributed by atoms with Crippen molar-refractivity contribution in [1.29, 1.82) is 0 Å². The van der Waals surface area contributed by atoms with Crippen molar-refractivity contribution in [1.82, 2.24) is 14.6 Å². The highest BCUT2D eigenvalue weighted by molar-refractivity contribution is 7.89. The second-order valence-corrected chi connectivity index (χ2v) is 8.43. The molecule has 0 unspecified atom stereocenters. The number of likely N-dealkylation sites (N-methyl/N-ethyl adjacent to an activating group) is 1. The fraction of sp³-hybridized carbons (Fsp3) is 0.389. The number of sulfonamides is 1. The van der Waals surface area contributed by atoms with Crippen LogP contribution < -0.4 is 9.62 Å². The molecule has 1 aliphatic rings. The van der Waals surface area contributed by atoms with Crippen LogP contribution in [0.2, 0.25) is 5.02 Å². The Hall–Kier alpha value is -1.67. The van der Waals surface area contributed by atoms with Crippen LogP contribution in [0, 0.1) is 0 Å². The molecule has 0 bridgehead atoms. The Labute approximate surface area is 159 Å². The number of rotatable bonds is 6. The molecule has 0 spiro atoms. The van der Waals surface area contributed by atoms with Crippen molar-refractivity contribution >= 4 is 27.4 Å². The minimum absolute atomic E-state index is 0.195. The monoisotopic (exact) mass is 394 g/mol. The Morgan fingerprint density at radius 3 is 2.35 bits per heavy atom. The summed E-state index contributed by atoms with van der Waals surface area (Å²) in [7, 11) is -3.57. The van der Waals surface area contributed by atoms with Gasteiger partial charge in [-0.3, -0.25) is 0 Å². The Morgan fingerprint density at radius 1 is 1.08 bits per heavy atom. The Kier molecular flexibility index (Phi) is 6.13. The third-order valence-corrected chi connectivity index (χ3v) is 6.21. The van der Waals surface area contributed by atoms with E-state index in [0.29, 0.717) is 5.02 Å². The maximum atomic E-state index is 12.3. The van der Waals surface area contributed by atoms with Gasteiger partial charge in [0.2, 0.25) is 10.0 Å². The first-order chi connectivity index (χ1) is 12.5. The molecule has 0 atom stereocenters. The summed E-state index contributed by atoms with van der Waals surface area (Å²) in [6.45, 7) is 7.46. The summed E-state index contributed by atoms with van der Waals surface area (Å²) in [5, 5.41) is 0.503. The number of nitrogens with one attached hydrogen (secondary N) is 1. The first-order valence-corrected chi connectivity index (χ1v) is 10.5. The molecule has 1 N–H and O–H groups in total. The lowest BCUT2D eigenvalue weighted by molar-refractivity contribution is 0.270. The van der Waals surface area contributed by atoms with E-state index in [-0.39, 0.29) is 11.4 Å². The van der Waals surface area contributed by atoms with Crippen molar-refractivity contribution in [2.24, 2.45) is 0 Å². The van der Waals surface area contributed by atoms with Gasteiger partial charge in [-0.05, 0) is 42.4 Å². The number of anilines is 1. The van der Waals surface area contributed by atoms with E-state index in [0.717, 1.165) is 44.1 Å². The molecule has 0 radical (unpaired) electrons. The number of hydrogen-bond acceptors (Lipinski definition) is 5. The van der Waals surface area contributed by atoms with Gasteiger partial charge in [-0.25, -0.2) is 18.1 Å². The van der Waals surface area contributed by atoms with Gasteiger partial charge >= 0.3 is 0 Å². The number of nitrogens with zero attached hydrogens (tertiary/aromatic N) is 3.